The number of imidazole rings is 1. The molecule has 2 aliphatic heterocycles. The Balaban J connectivity index is 1.64. The van der Waals surface area contributed by atoms with E-state index in [1.807, 2.05) is 4.90 Å². The Morgan fingerprint density at radius 2 is 1.85 bits per heavy atom. The molecule has 12 heteroatoms. The highest BCUT2D eigenvalue weighted by molar-refractivity contribution is 5.84. The van der Waals surface area contributed by atoms with Gasteiger partial charge in [0.05, 0.1) is 25.8 Å². The maximum Gasteiger partial charge on any atom is 0.296 e. The smallest absolute Gasteiger partial charge is 0.296 e. The number of methoxy groups -OCH3 is 1. The number of para-hydroxylation sites is 1. The van der Waals surface area contributed by atoms with Crippen molar-refractivity contribution in [1.29, 1.82) is 0 Å². The molecule has 0 saturated carbocycles. The molecule has 0 unspecified atom stereocenters. The summed E-state index contributed by atoms with van der Waals surface area (Å²) in [6.07, 6.45) is -0.991. The number of nitrogens with zero attached hydrogens (tertiary/aromatic N) is 6. The molecule has 4 heterocycles. The van der Waals surface area contributed by atoms with E-state index in [2.05, 4.69) is 30.6 Å². The standard InChI is InChI=1S/C21H26F2N8O2/c1-32-15-4-2-3-14-16(15)26-18(17(22)23)31(14)21-28-19(25-13-5-7-24-8-6-13)27-20(29-21)30-9-11-33-12-10-30/h2-4,13,17,24H,5-12H2,1H3,(H,25,27,28,29). The number of morpholine rings is 1. The molecule has 2 aromatic heterocycles. The summed E-state index contributed by atoms with van der Waals surface area (Å²) >= 11 is 0. The Labute approximate surface area is 189 Å². The summed E-state index contributed by atoms with van der Waals surface area (Å²) in [5, 5.41) is 6.70. The predicted molar refractivity (Wildman–Crippen MR) is 119 cm³/mol. The van der Waals surface area contributed by atoms with E-state index >= 15 is 0 Å². The van der Waals surface area contributed by atoms with E-state index in [1.54, 1.807) is 18.2 Å². The van der Waals surface area contributed by atoms with Crippen molar-refractivity contribution in [3.05, 3.63) is 24.0 Å². The molecule has 2 saturated heterocycles. The molecule has 2 aliphatic rings. The van der Waals surface area contributed by atoms with Gasteiger partial charge in [-0.1, -0.05) is 6.07 Å². The minimum absolute atomic E-state index is 0.0916. The van der Waals surface area contributed by atoms with Crippen LogP contribution < -0.4 is 20.3 Å². The number of rotatable bonds is 6. The van der Waals surface area contributed by atoms with Gasteiger partial charge in [-0.3, -0.25) is 4.57 Å². The minimum atomic E-state index is -2.83. The Morgan fingerprint density at radius 1 is 1.09 bits per heavy atom. The molecule has 0 bridgehead atoms. The van der Waals surface area contributed by atoms with Gasteiger partial charge in [-0.15, -0.1) is 0 Å². The summed E-state index contributed by atoms with van der Waals surface area (Å²) in [7, 11) is 1.48. The van der Waals surface area contributed by atoms with Crippen LogP contribution in [-0.2, 0) is 4.74 Å². The zero-order valence-corrected chi connectivity index (χ0v) is 18.3. The summed E-state index contributed by atoms with van der Waals surface area (Å²) in [6.45, 7) is 4.10. The number of fused-ring (bicyclic) bond motifs is 1. The molecule has 0 aliphatic carbocycles. The van der Waals surface area contributed by atoms with E-state index in [9.17, 15) is 8.78 Å². The minimum Gasteiger partial charge on any atom is -0.494 e. The molecule has 33 heavy (non-hydrogen) atoms. The SMILES string of the molecule is COc1cccc2c1nc(C(F)F)n2-c1nc(NC2CCNCC2)nc(N2CCOCC2)n1. The molecule has 2 N–H and O–H groups in total. The lowest BCUT2D eigenvalue weighted by atomic mass is 10.1. The second-order valence-corrected chi connectivity index (χ2v) is 7.96. The summed E-state index contributed by atoms with van der Waals surface area (Å²) in [5.41, 5.74) is 0.771. The van der Waals surface area contributed by atoms with Gasteiger partial charge < -0.3 is 25.0 Å². The fourth-order valence-electron chi connectivity index (χ4n) is 4.18. The van der Waals surface area contributed by atoms with E-state index in [-0.39, 0.29) is 12.0 Å². The van der Waals surface area contributed by atoms with E-state index in [0.29, 0.717) is 55.0 Å². The van der Waals surface area contributed by atoms with Gasteiger partial charge in [0.1, 0.15) is 11.3 Å². The summed E-state index contributed by atoms with van der Waals surface area (Å²) in [4.78, 5) is 19.9. The quantitative estimate of drug-likeness (QED) is 0.573. The van der Waals surface area contributed by atoms with Crippen LogP contribution in [0, 0.1) is 0 Å². The van der Waals surface area contributed by atoms with Crippen LogP contribution in [0.4, 0.5) is 20.7 Å². The average molecular weight is 460 g/mol. The van der Waals surface area contributed by atoms with Crippen molar-refractivity contribution in [2.75, 3.05) is 56.7 Å². The van der Waals surface area contributed by atoms with E-state index in [0.717, 1.165) is 25.9 Å². The third-order valence-electron chi connectivity index (χ3n) is 5.87. The lowest BCUT2D eigenvalue weighted by Gasteiger charge is -2.28. The number of piperidine rings is 1. The van der Waals surface area contributed by atoms with E-state index in [1.165, 1.54) is 11.7 Å². The van der Waals surface area contributed by atoms with Crippen LogP contribution in [0.2, 0.25) is 0 Å². The van der Waals surface area contributed by atoms with Gasteiger partial charge in [-0.25, -0.2) is 13.8 Å². The first-order valence-corrected chi connectivity index (χ1v) is 11.0. The van der Waals surface area contributed by atoms with Crippen LogP contribution in [0.3, 0.4) is 0 Å². The zero-order chi connectivity index (χ0) is 22.8. The highest BCUT2D eigenvalue weighted by Crippen LogP contribution is 2.32. The Hall–Kier alpha value is -3.12. The molecule has 0 atom stereocenters. The molecule has 3 aromatic rings. The number of hydrogen-bond acceptors (Lipinski definition) is 9. The zero-order valence-electron chi connectivity index (χ0n) is 18.3. The predicted octanol–water partition coefficient (Wildman–Crippen LogP) is 2.16. The lowest BCUT2D eigenvalue weighted by Crippen LogP contribution is -2.38. The first kappa shape index (κ1) is 21.7. The van der Waals surface area contributed by atoms with Crippen molar-refractivity contribution in [1.82, 2.24) is 29.8 Å². The highest BCUT2D eigenvalue weighted by atomic mass is 19.3. The largest absolute Gasteiger partial charge is 0.494 e. The average Bonchev–Trinajstić information content (AvgIpc) is 3.25. The highest BCUT2D eigenvalue weighted by Gasteiger charge is 2.26. The van der Waals surface area contributed by atoms with E-state index < -0.39 is 12.2 Å². The number of ether oxygens (including phenoxy) is 2. The number of aromatic nitrogens is 5. The van der Waals surface area contributed by atoms with Gasteiger partial charge in [0.25, 0.3) is 6.43 Å². The molecular weight excluding hydrogens is 434 g/mol. The lowest BCUT2D eigenvalue weighted by molar-refractivity contribution is 0.122. The van der Waals surface area contributed by atoms with Crippen molar-refractivity contribution < 1.29 is 18.3 Å². The van der Waals surface area contributed by atoms with Crippen LogP contribution >= 0.6 is 0 Å². The van der Waals surface area contributed by atoms with Crippen molar-refractivity contribution >= 4 is 22.9 Å². The first-order valence-electron chi connectivity index (χ1n) is 11.0. The van der Waals surface area contributed by atoms with Crippen LogP contribution in [0.25, 0.3) is 17.0 Å². The Bertz CT molecular complexity index is 1110. The number of anilines is 2. The summed E-state index contributed by atoms with van der Waals surface area (Å²) < 4.78 is 40.2. The van der Waals surface area contributed by atoms with Crippen LogP contribution in [0.1, 0.15) is 25.1 Å². The number of halogens is 2. The molecule has 0 radical (unpaired) electrons. The molecule has 5 rings (SSSR count). The van der Waals surface area contributed by atoms with Crippen molar-refractivity contribution in [2.45, 2.75) is 25.3 Å². The second-order valence-electron chi connectivity index (χ2n) is 7.96. The second kappa shape index (κ2) is 9.40. The molecule has 10 nitrogen and oxygen atoms in total. The Kier molecular flexibility index (Phi) is 6.18. The van der Waals surface area contributed by atoms with Gasteiger partial charge in [0.15, 0.2) is 5.82 Å². The van der Waals surface area contributed by atoms with Crippen molar-refractivity contribution in [2.24, 2.45) is 0 Å². The number of hydrogen-bond donors (Lipinski definition) is 2. The Morgan fingerprint density at radius 3 is 2.58 bits per heavy atom. The monoisotopic (exact) mass is 460 g/mol. The van der Waals surface area contributed by atoms with Gasteiger partial charge in [-0.05, 0) is 38.1 Å². The van der Waals surface area contributed by atoms with Crippen molar-refractivity contribution in [3.63, 3.8) is 0 Å². The third kappa shape index (κ3) is 4.40. The number of nitrogens with one attached hydrogen (secondary N) is 2. The fraction of sp³-hybridized carbons (Fsp3) is 0.524. The number of alkyl halides is 2. The molecule has 0 spiro atoms. The molecule has 176 valence electrons. The van der Waals surface area contributed by atoms with Gasteiger partial charge in [0.2, 0.25) is 17.8 Å². The summed E-state index contributed by atoms with van der Waals surface area (Å²) in [6, 6.07) is 5.31. The van der Waals surface area contributed by atoms with Crippen LogP contribution in [-0.4, -0.2) is 77.0 Å². The van der Waals surface area contributed by atoms with Gasteiger partial charge in [0, 0.05) is 19.1 Å². The normalized spacial score (nSPS) is 17.6. The maximum absolute atomic E-state index is 14.1. The van der Waals surface area contributed by atoms with Crippen molar-refractivity contribution in [3.8, 4) is 11.7 Å². The van der Waals surface area contributed by atoms with Crippen LogP contribution in [0.15, 0.2) is 18.2 Å². The molecule has 1 aromatic carbocycles. The topological polar surface area (TPSA) is 102 Å². The molecule has 0 amide bonds. The maximum atomic E-state index is 14.1. The van der Waals surface area contributed by atoms with Gasteiger partial charge >= 0.3 is 0 Å². The van der Waals surface area contributed by atoms with Gasteiger partial charge in [-0.2, -0.15) is 15.0 Å². The fourth-order valence-corrected chi connectivity index (χ4v) is 4.18. The number of benzene rings is 1. The third-order valence-corrected chi connectivity index (χ3v) is 5.87. The molecular formula is C21H26F2N8O2. The van der Waals surface area contributed by atoms with E-state index in [4.69, 9.17) is 9.47 Å². The molecule has 2 fully saturated rings. The summed E-state index contributed by atoms with van der Waals surface area (Å²) in [5.74, 6) is 0.835. The first-order chi connectivity index (χ1) is 16.1. The van der Waals surface area contributed by atoms with Crippen LogP contribution in [0.5, 0.6) is 5.75 Å².